The van der Waals surface area contributed by atoms with Gasteiger partial charge in [-0.3, -0.25) is 4.98 Å². The molecule has 0 atom stereocenters. The van der Waals surface area contributed by atoms with Crippen LogP contribution in [0.2, 0.25) is 0 Å². The minimum Gasteiger partial charge on any atom is -0.264 e. The standard InChI is InChI=1S/C8H11NS/c1-3-7-6-9-5-4-8(7)10-2/h4-6H,3H2,1-2H3. The Morgan fingerprint density at radius 1 is 1.60 bits per heavy atom. The Balaban J connectivity index is 2.96. The van der Waals surface area contributed by atoms with Crippen LogP contribution in [0.25, 0.3) is 0 Å². The number of rotatable bonds is 2. The average molecular weight is 153 g/mol. The van der Waals surface area contributed by atoms with Crippen LogP contribution in [0.4, 0.5) is 0 Å². The molecule has 0 unspecified atom stereocenters. The average Bonchev–Trinajstić information content (AvgIpc) is 2.04. The van der Waals surface area contributed by atoms with Crippen molar-refractivity contribution in [2.45, 2.75) is 18.2 Å². The summed E-state index contributed by atoms with van der Waals surface area (Å²) in [6.07, 6.45) is 6.94. The highest BCUT2D eigenvalue weighted by atomic mass is 32.2. The molecule has 0 aliphatic carbocycles. The van der Waals surface area contributed by atoms with Gasteiger partial charge in [-0.2, -0.15) is 0 Å². The van der Waals surface area contributed by atoms with Crippen molar-refractivity contribution >= 4 is 11.8 Å². The topological polar surface area (TPSA) is 12.9 Å². The van der Waals surface area contributed by atoms with Crippen molar-refractivity contribution < 1.29 is 0 Å². The van der Waals surface area contributed by atoms with Crippen molar-refractivity contribution in [2.24, 2.45) is 0 Å². The minimum atomic E-state index is 1.07. The molecule has 0 amide bonds. The van der Waals surface area contributed by atoms with E-state index in [1.807, 2.05) is 12.4 Å². The molecule has 10 heavy (non-hydrogen) atoms. The van der Waals surface area contributed by atoms with Crippen LogP contribution in [0, 0.1) is 0 Å². The predicted octanol–water partition coefficient (Wildman–Crippen LogP) is 2.37. The molecule has 1 heterocycles. The predicted molar refractivity (Wildman–Crippen MR) is 45.4 cm³/mol. The molecule has 0 saturated carbocycles. The van der Waals surface area contributed by atoms with E-state index < -0.39 is 0 Å². The van der Waals surface area contributed by atoms with Crippen LogP contribution in [0.15, 0.2) is 23.4 Å². The van der Waals surface area contributed by atoms with E-state index in [9.17, 15) is 0 Å². The van der Waals surface area contributed by atoms with Crippen LogP contribution in [0.1, 0.15) is 12.5 Å². The molecule has 54 valence electrons. The summed E-state index contributed by atoms with van der Waals surface area (Å²) in [6, 6.07) is 2.06. The highest BCUT2D eigenvalue weighted by Crippen LogP contribution is 2.18. The van der Waals surface area contributed by atoms with Crippen molar-refractivity contribution in [3.63, 3.8) is 0 Å². The molecule has 1 aromatic heterocycles. The van der Waals surface area contributed by atoms with Crippen LogP contribution in [0.5, 0.6) is 0 Å². The van der Waals surface area contributed by atoms with E-state index in [0.29, 0.717) is 0 Å². The third-order valence-corrected chi connectivity index (χ3v) is 2.30. The quantitative estimate of drug-likeness (QED) is 0.605. The van der Waals surface area contributed by atoms with E-state index >= 15 is 0 Å². The molecule has 0 bridgehead atoms. The zero-order chi connectivity index (χ0) is 7.40. The van der Waals surface area contributed by atoms with Gasteiger partial charge in [0.05, 0.1) is 0 Å². The fraction of sp³-hybridized carbons (Fsp3) is 0.375. The van der Waals surface area contributed by atoms with Crippen LogP contribution in [-0.4, -0.2) is 11.2 Å². The minimum absolute atomic E-state index is 1.07. The molecule has 0 N–H and O–H groups in total. The van der Waals surface area contributed by atoms with E-state index in [4.69, 9.17) is 0 Å². The zero-order valence-electron chi connectivity index (χ0n) is 6.29. The lowest BCUT2D eigenvalue weighted by molar-refractivity contribution is 1.05. The Kier molecular flexibility index (Phi) is 2.75. The Hall–Kier alpha value is -0.500. The normalized spacial score (nSPS) is 9.80. The van der Waals surface area contributed by atoms with E-state index in [0.717, 1.165) is 6.42 Å². The maximum Gasteiger partial charge on any atom is 0.0310 e. The molecule has 1 aromatic rings. The van der Waals surface area contributed by atoms with Crippen LogP contribution in [-0.2, 0) is 6.42 Å². The molecule has 2 heteroatoms. The van der Waals surface area contributed by atoms with Crippen molar-refractivity contribution in [3.05, 3.63) is 24.0 Å². The van der Waals surface area contributed by atoms with Crippen LogP contribution < -0.4 is 0 Å². The second-order valence-corrected chi connectivity index (χ2v) is 2.89. The second kappa shape index (κ2) is 3.62. The summed E-state index contributed by atoms with van der Waals surface area (Å²) in [4.78, 5) is 5.40. The lowest BCUT2D eigenvalue weighted by Gasteiger charge is -2.01. The molecule has 0 aromatic carbocycles. The summed E-state index contributed by atoms with van der Waals surface area (Å²) in [7, 11) is 0. The summed E-state index contributed by atoms with van der Waals surface area (Å²) in [5.74, 6) is 0. The van der Waals surface area contributed by atoms with E-state index in [1.54, 1.807) is 11.8 Å². The van der Waals surface area contributed by atoms with Gasteiger partial charge >= 0.3 is 0 Å². The Morgan fingerprint density at radius 3 is 2.90 bits per heavy atom. The van der Waals surface area contributed by atoms with Gasteiger partial charge in [-0.1, -0.05) is 6.92 Å². The zero-order valence-corrected chi connectivity index (χ0v) is 7.11. The number of aryl methyl sites for hydroxylation is 1. The van der Waals surface area contributed by atoms with Crippen molar-refractivity contribution in [1.29, 1.82) is 0 Å². The summed E-state index contributed by atoms with van der Waals surface area (Å²) >= 11 is 1.78. The van der Waals surface area contributed by atoms with Gasteiger partial charge in [-0.05, 0) is 24.3 Å². The first-order valence-corrected chi connectivity index (χ1v) is 4.57. The third kappa shape index (κ3) is 1.51. The molecule has 0 aliphatic rings. The SMILES string of the molecule is CCc1cnccc1SC. The van der Waals surface area contributed by atoms with Crippen molar-refractivity contribution in [2.75, 3.05) is 6.26 Å². The van der Waals surface area contributed by atoms with Crippen molar-refractivity contribution in [3.8, 4) is 0 Å². The maximum atomic E-state index is 4.05. The molecule has 0 aliphatic heterocycles. The monoisotopic (exact) mass is 153 g/mol. The first-order valence-electron chi connectivity index (χ1n) is 3.35. The molecule has 1 nitrogen and oxygen atoms in total. The summed E-state index contributed by atoms with van der Waals surface area (Å²) in [6.45, 7) is 2.15. The number of aromatic nitrogens is 1. The highest BCUT2D eigenvalue weighted by Gasteiger charge is 1.95. The van der Waals surface area contributed by atoms with Crippen LogP contribution in [0.3, 0.4) is 0 Å². The molecular weight excluding hydrogens is 142 g/mol. The lowest BCUT2D eigenvalue weighted by atomic mass is 10.2. The molecule has 0 spiro atoms. The fourth-order valence-corrected chi connectivity index (χ4v) is 1.54. The van der Waals surface area contributed by atoms with Crippen LogP contribution >= 0.6 is 11.8 Å². The van der Waals surface area contributed by atoms with Gasteiger partial charge < -0.3 is 0 Å². The van der Waals surface area contributed by atoms with Gasteiger partial charge in [0.15, 0.2) is 0 Å². The number of hydrogen-bond acceptors (Lipinski definition) is 2. The number of hydrogen-bond donors (Lipinski definition) is 0. The van der Waals surface area contributed by atoms with Gasteiger partial charge in [0, 0.05) is 17.3 Å². The number of thioether (sulfide) groups is 1. The van der Waals surface area contributed by atoms with Gasteiger partial charge in [-0.25, -0.2) is 0 Å². The second-order valence-electron chi connectivity index (χ2n) is 2.04. The number of pyridine rings is 1. The summed E-state index contributed by atoms with van der Waals surface area (Å²) in [5, 5.41) is 0. The van der Waals surface area contributed by atoms with E-state index in [2.05, 4.69) is 24.2 Å². The first kappa shape index (κ1) is 7.61. The first-order chi connectivity index (χ1) is 4.88. The highest BCUT2D eigenvalue weighted by molar-refractivity contribution is 7.98. The Morgan fingerprint density at radius 2 is 2.40 bits per heavy atom. The molecule has 0 fully saturated rings. The van der Waals surface area contributed by atoms with Gasteiger partial charge in [-0.15, -0.1) is 11.8 Å². The van der Waals surface area contributed by atoms with E-state index in [-0.39, 0.29) is 0 Å². The largest absolute Gasteiger partial charge is 0.264 e. The summed E-state index contributed by atoms with van der Waals surface area (Å²) < 4.78 is 0. The van der Waals surface area contributed by atoms with E-state index in [1.165, 1.54) is 10.5 Å². The molecule has 1 rings (SSSR count). The number of nitrogens with zero attached hydrogens (tertiary/aromatic N) is 1. The fourth-order valence-electron chi connectivity index (χ4n) is 0.879. The smallest absolute Gasteiger partial charge is 0.0310 e. The molecule has 0 radical (unpaired) electrons. The lowest BCUT2D eigenvalue weighted by Crippen LogP contribution is -1.84. The van der Waals surface area contributed by atoms with Gasteiger partial charge in [0.1, 0.15) is 0 Å². The van der Waals surface area contributed by atoms with Gasteiger partial charge in [0.2, 0.25) is 0 Å². The summed E-state index contributed by atoms with van der Waals surface area (Å²) in [5.41, 5.74) is 1.34. The third-order valence-electron chi connectivity index (χ3n) is 1.46. The maximum absolute atomic E-state index is 4.05. The van der Waals surface area contributed by atoms with Gasteiger partial charge in [0.25, 0.3) is 0 Å². The Bertz CT molecular complexity index is 187. The van der Waals surface area contributed by atoms with Crippen molar-refractivity contribution in [1.82, 2.24) is 4.98 Å². The molecular formula is C8H11NS. The Labute approximate surface area is 65.9 Å². The molecule has 0 saturated heterocycles.